The van der Waals surface area contributed by atoms with Crippen molar-refractivity contribution in [1.29, 1.82) is 0 Å². The standard InChI is InChI=1S/C17H18N6O2/c1-11-14(23(24)25)9-10-15(18-11)19-16(13-7-5-4-6-8-13)17-21-20-12(2)22(17)3/h4-10,16H,1-3H3,(H,18,19)/t16-/m0/s1. The van der Waals surface area contributed by atoms with Crippen LogP contribution in [-0.4, -0.2) is 24.7 Å². The highest BCUT2D eigenvalue weighted by molar-refractivity contribution is 5.47. The summed E-state index contributed by atoms with van der Waals surface area (Å²) in [6.07, 6.45) is 0. The molecule has 3 rings (SSSR count). The van der Waals surface area contributed by atoms with Crippen LogP contribution in [0.3, 0.4) is 0 Å². The van der Waals surface area contributed by atoms with Gasteiger partial charge >= 0.3 is 0 Å². The van der Waals surface area contributed by atoms with E-state index in [4.69, 9.17) is 0 Å². The summed E-state index contributed by atoms with van der Waals surface area (Å²) in [5, 5.41) is 22.7. The molecule has 1 N–H and O–H groups in total. The second-order valence-electron chi connectivity index (χ2n) is 5.71. The molecule has 0 aliphatic rings. The molecule has 0 unspecified atom stereocenters. The molecular weight excluding hydrogens is 320 g/mol. The molecule has 8 heteroatoms. The zero-order chi connectivity index (χ0) is 18.0. The topological polar surface area (TPSA) is 98.8 Å². The molecule has 0 aliphatic heterocycles. The number of rotatable bonds is 5. The van der Waals surface area contributed by atoms with Crippen LogP contribution in [0.15, 0.2) is 42.5 Å². The van der Waals surface area contributed by atoms with Crippen LogP contribution < -0.4 is 5.32 Å². The van der Waals surface area contributed by atoms with Crippen LogP contribution >= 0.6 is 0 Å². The molecule has 0 spiro atoms. The minimum absolute atomic E-state index is 0.00341. The molecule has 25 heavy (non-hydrogen) atoms. The van der Waals surface area contributed by atoms with E-state index >= 15 is 0 Å². The van der Waals surface area contributed by atoms with E-state index in [1.165, 1.54) is 6.07 Å². The zero-order valence-electron chi connectivity index (χ0n) is 14.2. The molecule has 0 bridgehead atoms. The monoisotopic (exact) mass is 338 g/mol. The van der Waals surface area contributed by atoms with Gasteiger partial charge in [-0.05, 0) is 25.5 Å². The van der Waals surface area contributed by atoms with Crippen molar-refractivity contribution < 1.29 is 4.92 Å². The average molecular weight is 338 g/mol. The van der Waals surface area contributed by atoms with E-state index in [1.807, 2.05) is 48.9 Å². The highest BCUT2D eigenvalue weighted by Gasteiger charge is 2.21. The molecule has 8 nitrogen and oxygen atoms in total. The number of nitrogens with one attached hydrogen (secondary N) is 1. The number of aromatic nitrogens is 4. The Kier molecular flexibility index (Phi) is 4.42. The van der Waals surface area contributed by atoms with E-state index in [1.54, 1.807) is 13.0 Å². The molecule has 1 aromatic carbocycles. The van der Waals surface area contributed by atoms with Crippen LogP contribution in [0, 0.1) is 24.0 Å². The van der Waals surface area contributed by atoms with Gasteiger partial charge in [0.05, 0.1) is 4.92 Å². The lowest BCUT2D eigenvalue weighted by Gasteiger charge is -2.19. The predicted molar refractivity (Wildman–Crippen MR) is 93.3 cm³/mol. The third-order valence-electron chi connectivity index (χ3n) is 4.06. The quantitative estimate of drug-likeness (QED) is 0.567. The van der Waals surface area contributed by atoms with Crippen molar-refractivity contribution in [3.05, 3.63) is 75.5 Å². The fraction of sp³-hybridized carbons (Fsp3) is 0.235. The van der Waals surface area contributed by atoms with Crippen molar-refractivity contribution in [2.24, 2.45) is 7.05 Å². The average Bonchev–Trinajstić information content (AvgIpc) is 2.92. The second kappa shape index (κ2) is 6.68. The molecule has 2 aromatic heterocycles. The van der Waals surface area contributed by atoms with Crippen molar-refractivity contribution >= 4 is 11.5 Å². The summed E-state index contributed by atoms with van der Waals surface area (Å²) >= 11 is 0. The van der Waals surface area contributed by atoms with Gasteiger partial charge in [-0.1, -0.05) is 30.3 Å². The summed E-state index contributed by atoms with van der Waals surface area (Å²) in [7, 11) is 1.90. The number of nitro groups is 1. The predicted octanol–water partition coefficient (Wildman–Crippen LogP) is 2.94. The van der Waals surface area contributed by atoms with Crippen molar-refractivity contribution in [1.82, 2.24) is 19.7 Å². The van der Waals surface area contributed by atoms with E-state index in [0.29, 0.717) is 11.5 Å². The Morgan fingerprint density at radius 2 is 1.84 bits per heavy atom. The number of aryl methyl sites for hydroxylation is 2. The van der Waals surface area contributed by atoms with Crippen LogP contribution in [0.1, 0.15) is 28.9 Å². The minimum Gasteiger partial charge on any atom is -0.356 e. The Labute approximate surface area is 144 Å². The lowest BCUT2D eigenvalue weighted by atomic mass is 10.1. The fourth-order valence-corrected chi connectivity index (χ4v) is 2.59. The largest absolute Gasteiger partial charge is 0.356 e. The van der Waals surface area contributed by atoms with Crippen LogP contribution in [0.5, 0.6) is 0 Å². The van der Waals surface area contributed by atoms with Gasteiger partial charge in [-0.15, -0.1) is 10.2 Å². The van der Waals surface area contributed by atoms with Crippen molar-refractivity contribution in [3.8, 4) is 0 Å². The van der Waals surface area contributed by atoms with E-state index in [9.17, 15) is 10.1 Å². The van der Waals surface area contributed by atoms with Gasteiger partial charge in [-0.3, -0.25) is 10.1 Å². The summed E-state index contributed by atoms with van der Waals surface area (Å²) in [6, 6.07) is 12.6. The molecule has 0 amide bonds. The molecule has 2 heterocycles. The van der Waals surface area contributed by atoms with Crippen molar-refractivity contribution in [2.45, 2.75) is 19.9 Å². The number of anilines is 1. The molecule has 3 aromatic rings. The maximum absolute atomic E-state index is 11.0. The van der Waals surface area contributed by atoms with Gasteiger partial charge in [0, 0.05) is 13.1 Å². The Morgan fingerprint density at radius 1 is 1.12 bits per heavy atom. The summed E-state index contributed by atoms with van der Waals surface area (Å²) < 4.78 is 1.91. The molecule has 1 atom stereocenters. The highest BCUT2D eigenvalue weighted by Crippen LogP contribution is 2.26. The van der Waals surface area contributed by atoms with Crippen LogP contribution in [0.25, 0.3) is 0 Å². The molecule has 0 radical (unpaired) electrons. The summed E-state index contributed by atoms with van der Waals surface area (Å²) in [4.78, 5) is 14.8. The molecule has 0 fully saturated rings. The number of benzene rings is 1. The first-order valence-corrected chi connectivity index (χ1v) is 7.77. The zero-order valence-corrected chi connectivity index (χ0v) is 14.2. The minimum atomic E-state index is -0.438. The van der Waals surface area contributed by atoms with Gasteiger partial charge < -0.3 is 9.88 Å². The van der Waals surface area contributed by atoms with E-state index in [2.05, 4.69) is 20.5 Å². The molecule has 128 valence electrons. The van der Waals surface area contributed by atoms with Crippen LogP contribution in [0.2, 0.25) is 0 Å². The van der Waals surface area contributed by atoms with Gasteiger partial charge in [-0.25, -0.2) is 4.98 Å². The van der Waals surface area contributed by atoms with E-state index in [0.717, 1.165) is 17.2 Å². The lowest BCUT2D eigenvalue weighted by Crippen LogP contribution is -2.18. The summed E-state index contributed by atoms with van der Waals surface area (Å²) in [6.45, 7) is 3.50. The first-order valence-electron chi connectivity index (χ1n) is 7.77. The van der Waals surface area contributed by atoms with Gasteiger partial charge in [0.2, 0.25) is 0 Å². The lowest BCUT2D eigenvalue weighted by molar-refractivity contribution is -0.385. The van der Waals surface area contributed by atoms with E-state index < -0.39 is 4.92 Å². The number of hydrogen-bond donors (Lipinski definition) is 1. The summed E-state index contributed by atoms with van der Waals surface area (Å²) in [5.41, 5.74) is 1.35. The Morgan fingerprint density at radius 3 is 2.40 bits per heavy atom. The summed E-state index contributed by atoms with van der Waals surface area (Å²) in [5.74, 6) is 2.07. The highest BCUT2D eigenvalue weighted by atomic mass is 16.6. The third kappa shape index (κ3) is 3.32. The Hall–Kier alpha value is -3.29. The number of pyridine rings is 1. The SMILES string of the molecule is Cc1nc(N[C@@H](c2ccccc2)c2nnc(C)n2C)ccc1[N+](=O)[O-]. The van der Waals surface area contributed by atoms with Gasteiger partial charge in [0.1, 0.15) is 23.4 Å². The van der Waals surface area contributed by atoms with Gasteiger partial charge in [-0.2, -0.15) is 0 Å². The van der Waals surface area contributed by atoms with Gasteiger partial charge in [0.15, 0.2) is 5.82 Å². The molecule has 0 saturated heterocycles. The third-order valence-corrected chi connectivity index (χ3v) is 4.06. The van der Waals surface area contributed by atoms with Crippen LogP contribution in [-0.2, 0) is 7.05 Å². The smallest absolute Gasteiger partial charge is 0.290 e. The number of hydrogen-bond acceptors (Lipinski definition) is 6. The Balaban J connectivity index is 2.00. The van der Waals surface area contributed by atoms with Gasteiger partial charge in [0.25, 0.3) is 5.69 Å². The molecule has 0 aliphatic carbocycles. The number of nitrogens with zero attached hydrogens (tertiary/aromatic N) is 5. The normalized spacial score (nSPS) is 12.0. The Bertz CT molecular complexity index is 907. The second-order valence-corrected chi connectivity index (χ2v) is 5.71. The molecule has 0 saturated carbocycles. The maximum Gasteiger partial charge on any atom is 0.290 e. The van der Waals surface area contributed by atoms with Crippen molar-refractivity contribution in [3.63, 3.8) is 0 Å². The fourth-order valence-electron chi connectivity index (χ4n) is 2.59. The first-order chi connectivity index (χ1) is 12.0. The first kappa shape index (κ1) is 16.6. The van der Waals surface area contributed by atoms with Crippen LogP contribution in [0.4, 0.5) is 11.5 Å². The van der Waals surface area contributed by atoms with Crippen molar-refractivity contribution in [2.75, 3.05) is 5.32 Å². The molecular formula is C17H18N6O2. The van der Waals surface area contributed by atoms with E-state index in [-0.39, 0.29) is 11.7 Å². The maximum atomic E-state index is 11.0.